The second-order valence-electron chi connectivity index (χ2n) is 5.55. The number of aryl methyl sites for hydroxylation is 1. The first-order valence-electron chi connectivity index (χ1n) is 5.99. The maximum atomic E-state index is 2.33. The van der Waals surface area contributed by atoms with Crippen LogP contribution in [-0.4, -0.2) is 4.57 Å². The predicted octanol–water partition coefficient (Wildman–Crippen LogP) is 4.11. The summed E-state index contributed by atoms with van der Waals surface area (Å²) in [4.78, 5) is 0. The van der Waals surface area contributed by atoms with Gasteiger partial charge in [-0.2, -0.15) is 0 Å². The van der Waals surface area contributed by atoms with Crippen LogP contribution in [0.15, 0.2) is 30.5 Å². The van der Waals surface area contributed by atoms with Crippen LogP contribution < -0.4 is 0 Å². The Morgan fingerprint density at radius 1 is 1.12 bits per heavy atom. The monoisotopic (exact) mass is 215 g/mol. The van der Waals surface area contributed by atoms with Gasteiger partial charge in [-0.1, -0.05) is 45.9 Å². The van der Waals surface area contributed by atoms with Crippen LogP contribution in [0.1, 0.15) is 33.3 Å². The molecule has 0 saturated carbocycles. The number of fused-ring (bicyclic) bond motifs is 1. The van der Waals surface area contributed by atoms with E-state index in [1.165, 1.54) is 16.5 Å². The fourth-order valence-corrected chi connectivity index (χ4v) is 2.17. The Bertz CT molecular complexity index is 503. The Hall–Kier alpha value is -1.24. The van der Waals surface area contributed by atoms with Gasteiger partial charge in [0.15, 0.2) is 0 Å². The number of rotatable bonds is 2. The molecule has 0 amide bonds. The number of para-hydroxylation sites is 1. The average molecular weight is 215 g/mol. The summed E-state index contributed by atoms with van der Waals surface area (Å²) in [7, 11) is 2.13. The quantitative estimate of drug-likeness (QED) is 0.710. The van der Waals surface area contributed by atoms with Crippen molar-refractivity contribution in [2.45, 2.75) is 33.1 Å². The molecule has 0 saturated heterocycles. The smallest absolute Gasteiger partial charge is 0.0480 e. The van der Waals surface area contributed by atoms with Crippen LogP contribution in [-0.2, 0) is 12.5 Å². The summed E-state index contributed by atoms with van der Waals surface area (Å²) in [6.45, 7) is 9.25. The van der Waals surface area contributed by atoms with Crippen molar-refractivity contribution >= 4 is 10.9 Å². The van der Waals surface area contributed by atoms with E-state index in [-0.39, 0.29) is 5.41 Å². The van der Waals surface area contributed by atoms with Gasteiger partial charge in [0, 0.05) is 24.1 Å². The molecule has 1 nitrogen and oxygen atoms in total. The lowest BCUT2D eigenvalue weighted by atomic mass is 9.75. The molecule has 86 valence electrons. The maximum Gasteiger partial charge on any atom is 0.0480 e. The molecule has 16 heavy (non-hydrogen) atoms. The van der Waals surface area contributed by atoms with Gasteiger partial charge in [-0.25, -0.2) is 0 Å². The SMILES string of the molecule is CC(C)C(C)(C)c1cn(C)c2ccccc12. The molecule has 0 fully saturated rings. The van der Waals surface area contributed by atoms with Gasteiger partial charge in [0.25, 0.3) is 0 Å². The maximum absolute atomic E-state index is 2.33. The Balaban J connectivity index is 2.71. The van der Waals surface area contributed by atoms with E-state index >= 15 is 0 Å². The Morgan fingerprint density at radius 2 is 1.75 bits per heavy atom. The first kappa shape index (κ1) is 11.3. The molecule has 1 heteroatoms. The van der Waals surface area contributed by atoms with Crippen LogP contribution in [0.5, 0.6) is 0 Å². The molecule has 1 aromatic heterocycles. The minimum Gasteiger partial charge on any atom is -0.350 e. The summed E-state index contributed by atoms with van der Waals surface area (Å²) >= 11 is 0. The summed E-state index contributed by atoms with van der Waals surface area (Å²) in [6, 6.07) is 8.65. The topological polar surface area (TPSA) is 4.93 Å². The highest BCUT2D eigenvalue weighted by molar-refractivity contribution is 5.85. The van der Waals surface area contributed by atoms with Gasteiger partial charge in [-0.15, -0.1) is 0 Å². The zero-order valence-electron chi connectivity index (χ0n) is 10.9. The van der Waals surface area contributed by atoms with Crippen molar-refractivity contribution in [1.29, 1.82) is 0 Å². The first-order valence-corrected chi connectivity index (χ1v) is 5.99. The van der Waals surface area contributed by atoms with Crippen molar-refractivity contribution in [3.63, 3.8) is 0 Å². The van der Waals surface area contributed by atoms with E-state index in [0.717, 1.165) is 0 Å². The van der Waals surface area contributed by atoms with E-state index in [2.05, 4.69) is 69.8 Å². The van der Waals surface area contributed by atoms with Gasteiger partial charge < -0.3 is 4.57 Å². The van der Waals surface area contributed by atoms with Crippen LogP contribution in [0.25, 0.3) is 10.9 Å². The predicted molar refractivity (Wildman–Crippen MR) is 70.8 cm³/mol. The lowest BCUT2D eigenvalue weighted by Gasteiger charge is -2.29. The molecule has 1 heterocycles. The molecule has 0 aliphatic heterocycles. The molecule has 0 spiro atoms. The minimum absolute atomic E-state index is 0.223. The summed E-state index contributed by atoms with van der Waals surface area (Å²) < 4.78 is 2.23. The van der Waals surface area contributed by atoms with Gasteiger partial charge in [-0.05, 0) is 23.0 Å². The lowest BCUT2D eigenvalue weighted by Crippen LogP contribution is -2.23. The molecule has 0 aliphatic carbocycles. The molecule has 2 aromatic rings. The highest BCUT2D eigenvalue weighted by Crippen LogP contribution is 2.36. The third kappa shape index (κ3) is 1.55. The Labute approximate surface area is 98.1 Å². The van der Waals surface area contributed by atoms with Crippen LogP contribution in [0.4, 0.5) is 0 Å². The molecular weight excluding hydrogens is 194 g/mol. The Kier molecular flexibility index (Phi) is 2.57. The minimum atomic E-state index is 0.223. The van der Waals surface area contributed by atoms with Gasteiger partial charge >= 0.3 is 0 Å². The fraction of sp³-hybridized carbons (Fsp3) is 0.467. The van der Waals surface area contributed by atoms with Crippen molar-refractivity contribution in [2.75, 3.05) is 0 Å². The van der Waals surface area contributed by atoms with Crippen LogP contribution in [0.3, 0.4) is 0 Å². The highest BCUT2D eigenvalue weighted by atomic mass is 14.9. The molecule has 0 bridgehead atoms. The van der Waals surface area contributed by atoms with Crippen molar-refractivity contribution in [3.8, 4) is 0 Å². The molecule has 0 radical (unpaired) electrons. The van der Waals surface area contributed by atoms with Crippen LogP contribution in [0.2, 0.25) is 0 Å². The zero-order valence-corrected chi connectivity index (χ0v) is 10.9. The summed E-state index contributed by atoms with van der Waals surface area (Å²) in [6.07, 6.45) is 2.28. The molecule has 0 N–H and O–H groups in total. The van der Waals surface area contributed by atoms with E-state index in [4.69, 9.17) is 0 Å². The summed E-state index contributed by atoms with van der Waals surface area (Å²) in [5.74, 6) is 0.637. The van der Waals surface area contributed by atoms with Crippen molar-refractivity contribution in [1.82, 2.24) is 4.57 Å². The number of hydrogen-bond donors (Lipinski definition) is 0. The molecule has 2 rings (SSSR count). The van der Waals surface area contributed by atoms with E-state index in [1.807, 2.05) is 0 Å². The molecule has 1 aromatic carbocycles. The first-order chi connectivity index (χ1) is 7.44. The van der Waals surface area contributed by atoms with E-state index in [9.17, 15) is 0 Å². The third-order valence-corrected chi connectivity index (χ3v) is 4.03. The van der Waals surface area contributed by atoms with Crippen molar-refractivity contribution < 1.29 is 0 Å². The fourth-order valence-electron chi connectivity index (χ4n) is 2.17. The van der Waals surface area contributed by atoms with Crippen molar-refractivity contribution in [2.24, 2.45) is 13.0 Å². The number of hydrogen-bond acceptors (Lipinski definition) is 0. The van der Waals surface area contributed by atoms with Crippen LogP contribution in [0, 0.1) is 5.92 Å². The zero-order chi connectivity index (χ0) is 11.9. The average Bonchev–Trinajstić information content (AvgIpc) is 2.57. The van der Waals surface area contributed by atoms with Gasteiger partial charge in [0.2, 0.25) is 0 Å². The van der Waals surface area contributed by atoms with Crippen LogP contribution >= 0.6 is 0 Å². The largest absolute Gasteiger partial charge is 0.350 e. The second kappa shape index (κ2) is 3.65. The van der Waals surface area contributed by atoms with Gasteiger partial charge in [0.1, 0.15) is 0 Å². The van der Waals surface area contributed by atoms with Gasteiger partial charge in [0.05, 0.1) is 0 Å². The van der Waals surface area contributed by atoms with Gasteiger partial charge in [-0.3, -0.25) is 0 Å². The van der Waals surface area contributed by atoms with Crippen molar-refractivity contribution in [3.05, 3.63) is 36.0 Å². The third-order valence-electron chi connectivity index (χ3n) is 4.03. The number of benzene rings is 1. The van der Waals surface area contributed by atoms with E-state index < -0.39 is 0 Å². The number of aromatic nitrogens is 1. The standard InChI is InChI=1S/C15H21N/c1-11(2)15(3,4)13-10-16(5)14-9-7-6-8-12(13)14/h6-11H,1-5H3. The molecular formula is C15H21N. The number of nitrogens with zero attached hydrogens (tertiary/aromatic N) is 1. The normalized spacial score (nSPS) is 12.6. The lowest BCUT2D eigenvalue weighted by molar-refractivity contribution is 0.374. The molecule has 0 atom stereocenters. The highest BCUT2D eigenvalue weighted by Gasteiger charge is 2.27. The summed E-state index contributed by atoms with van der Waals surface area (Å²) in [5.41, 5.74) is 3.01. The Morgan fingerprint density at radius 3 is 2.38 bits per heavy atom. The molecule has 0 aliphatic rings. The molecule has 0 unspecified atom stereocenters. The second-order valence-corrected chi connectivity index (χ2v) is 5.55. The van der Waals surface area contributed by atoms with E-state index in [1.54, 1.807) is 0 Å². The van der Waals surface area contributed by atoms with E-state index in [0.29, 0.717) is 5.92 Å². The summed E-state index contributed by atoms with van der Waals surface area (Å²) in [5, 5.41) is 1.39.